The van der Waals surface area contributed by atoms with Gasteiger partial charge in [-0.05, 0) is 37.5 Å². The molecule has 1 atom stereocenters. The van der Waals surface area contributed by atoms with Crippen molar-refractivity contribution in [3.05, 3.63) is 60.2 Å². The number of ether oxygens (including phenoxy) is 3. The van der Waals surface area contributed by atoms with E-state index < -0.39 is 5.41 Å². The summed E-state index contributed by atoms with van der Waals surface area (Å²) in [4.78, 5) is 13.2. The topological polar surface area (TPSA) is 56.8 Å². The maximum Gasteiger partial charge on any atom is 0.231 e. The Balaban J connectivity index is 1.67. The van der Waals surface area contributed by atoms with Crippen LogP contribution in [0, 0.1) is 0 Å². The van der Waals surface area contributed by atoms with Crippen molar-refractivity contribution in [3.8, 4) is 11.5 Å². The zero-order valence-corrected chi connectivity index (χ0v) is 15.9. The molecule has 0 saturated carbocycles. The number of hydrogen-bond donors (Lipinski definition) is 1. The largest absolute Gasteiger partial charge is 0.493 e. The van der Waals surface area contributed by atoms with Crippen molar-refractivity contribution >= 4 is 5.91 Å². The van der Waals surface area contributed by atoms with Gasteiger partial charge in [-0.3, -0.25) is 4.79 Å². The number of benzene rings is 2. The van der Waals surface area contributed by atoms with Crippen LogP contribution in [0.4, 0.5) is 0 Å². The van der Waals surface area contributed by atoms with E-state index in [2.05, 4.69) is 5.32 Å². The molecule has 1 heterocycles. The Bertz CT molecular complexity index is 741. The Morgan fingerprint density at radius 1 is 1.07 bits per heavy atom. The lowest BCUT2D eigenvalue weighted by atomic mass is 9.73. The molecule has 2 aromatic carbocycles. The molecule has 3 rings (SSSR count). The fourth-order valence-corrected chi connectivity index (χ4v) is 3.48. The van der Waals surface area contributed by atoms with E-state index in [0.29, 0.717) is 44.2 Å². The molecule has 27 heavy (non-hydrogen) atoms. The molecule has 5 nitrogen and oxygen atoms in total. The van der Waals surface area contributed by atoms with E-state index in [0.717, 1.165) is 5.56 Å². The van der Waals surface area contributed by atoms with Gasteiger partial charge in [-0.1, -0.05) is 42.5 Å². The van der Waals surface area contributed by atoms with Gasteiger partial charge in [0.05, 0.1) is 18.6 Å². The highest BCUT2D eigenvalue weighted by Crippen LogP contribution is 2.35. The van der Waals surface area contributed by atoms with Crippen LogP contribution in [0.5, 0.6) is 11.5 Å². The average molecular weight is 369 g/mol. The van der Waals surface area contributed by atoms with E-state index in [1.54, 1.807) is 7.11 Å². The number of carbonyl (C=O) groups is 1. The molecule has 1 aliphatic rings. The molecule has 1 fully saturated rings. The summed E-state index contributed by atoms with van der Waals surface area (Å²) in [7, 11) is 1.61. The first-order valence-electron chi connectivity index (χ1n) is 9.36. The van der Waals surface area contributed by atoms with Crippen molar-refractivity contribution < 1.29 is 19.0 Å². The minimum Gasteiger partial charge on any atom is -0.493 e. The Kier molecular flexibility index (Phi) is 6.35. The number of nitrogens with one attached hydrogen (secondary N) is 1. The third-order valence-electron chi connectivity index (χ3n) is 5.04. The fourth-order valence-electron chi connectivity index (χ4n) is 3.48. The monoisotopic (exact) mass is 369 g/mol. The van der Waals surface area contributed by atoms with Crippen molar-refractivity contribution in [2.75, 3.05) is 26.9 Å². The van der Waals surface area contributed by atoms with E-state index in [1.807, 2.05) is 61.5 Å². The summed E-state index contributed by atoms with van der Waals surface area (Å²) in [6, 6.07) is 17.4. The van der Waals surface area contributed by atoms with Gasteiger partial charge in [-0.25, -0.2) is 0 Å². The molecule has 0 bridgehead atoms. The summed E-state index contributed by atoms with van der Waals surface area (Å²) in [6.45, 7) is 3.50. The van der Waals surface area contributed by atoms with Crippen molar-refractivity contribution in [3.63, 3.8) is 0 Å². The first kappa shape index (κ1) is 19.2. The van der Waals surface area contributed by atoms with Gasteiger partial charge in [0.2, 0.25) is 5.91 Å². The molecule has 1 N–H and O–H groups in total. The second kappa shape index (κ2) is 8.91. The van der Waals surface area contributed by atoms with Gasteiger partial charge in [0.1, 0.15) is 6.61 Å². The second-order valence-electron chi connectivity index (χ2n) is 6.90. The van der Waals surface area contributed by atoms with Gasteiger partial charge in [0, 0.05) is 13.2 Å². The van der Waals surface area contributed by atoms with E-state index in [-0.39, 0.29) is 11.9 Å². The molecule has 0 unspecified atom stereocenters. The van der Waals surface area contributed by atoms with E-state index in [4.69, 9.17) is 14.2 Å². The van der Waals surface area contributed by atoms with E-state index in [1.165, 1.54) is 0 Å². The van der Waals surface area contributed by atoms with Crippen LogP contribution in [0.15, 0.2) is 54.6 Å². The summed E-state index contributed by atoms with van der Waals surface area (Å²) in [5.41, 5.74) is 0.502. The minimum absolute atomic E-state index is 0.0353. The lowest BCUT2D eigenvalue weighted by Crippen LogP contribution is -2.51. The van der Waals surface area contributed by atoms with Gasteiger partial charge in [-0.15, -0.1) is 0 Å². The highest BCUT2D eigenvalue weighted by molar-refractivity contribution is 5.88. The van der Waals surface area contributed by atoms with Crippen LogP contribution in [-0.4, -0.2) is 38.9 Å². The Labute approximate surface area is 160 Å². The highest BCUT2D eigenvalue weighted by Gasteiger charge is 2.41. The fraction of sp³-hybridized carbons (Fsp3) is 0.409. The molecule has 2 aromatic rings. The maximum atomic E-state index is 13.2. The maximum absolute atomic E-state index is 13.2. The van der Waals surface area contributed by atoms with Gasteiger partial charge in [0.25, 0.3) is 0 Å². The number of hydrogen-bond acceptors (Lipinski definition) is 4. The summed E-state index contributed by atoms with van der Waals surface area (Å²) in [5, 5.41) is 3.14. The van der Waals surface area contributed by atoms with Crippen molar-refractivity contribution in [1.82, 2.24) is 5.32 Å². The van der Waals surface area contributed by atoms with Crippen molar-refractivity contribution in [2.24, 2.45) is 0 Å². The molecular formula is C22H27NO4. The molecule has 1 saturated heterocycles. The smallest absolute Gasteiger partial charge is 0.231 e. The van der Waals surface area contributed by atoms with Crippen LogP contribution in [0.3, 0.4) is 0 Å². The highest BCUT2D eigenvalue weighted by atomic mass is 16.5. The normalized spacial score (nSPS) is 17.0. The van der Waals surface area contributed by atoms with Gasteiger partial charge in [-0.2, -0.15) is 0 Å². The summed E-state index contributed by atoms with van der Waals surface area (Å²) in [6.07, 6.45) is 1.37. The SMILES string of the molecule is COc1ccccc1OC[C@H](C)NC(=O)C1(c2ccccc2)CCOCC1. The predicted molar refractivity (Wildman–Crippen MR) is 104 cm³/mol. The van der Waals surface area contributed by atoms with E-state index >= 15 is 0 Å². The lowest BCUT2D eigenvalue weighted by Gasteiger charge is -2.37. The van der Waals surface area contributed by atoms with E-state index in [9.17, 15) is 4.79 Å². The Morgan fingerprint density at radius 2 is 1.70 bits per heavy atom. The van der Waals surface area contributed by atoms with Crippen LogP contribution >= 0.6 is 0 Å². The van der Waals surface area contributed by atoms with Crippen molar-refractivity contribution in [2.45, 2.75) is 31.2 Å². The molecule has 144 valence electrons. The van der Waals surface area contributed by atoms with Crippen molar-refractivity contribution in [1.29, 1.82) is 0 Å². The van der Waals surface area contributed by atoms with Crippen LogP contribution in [-0.2, 0) is 14.9 Å². The molecule has 1 aliphatic heterocycles. The molecule has 5 heteroatoms. The van der Waals surface area contributed by atoms with Crippen LogP contribution < -0.4 is 14.8 Å². The van der Waals surface area contributed by atoms with Gasteiger partial charge >= 0.3 is 0 Å². The number of methoxy groups -OCH3 is 1. The number of amides is 1. The molecule has 0 spiro atoms. The lowest BCUT2D eigenvalue weighted by molar-refractivity contribution is -0.131. The van der Waals surface area contributed by atoms with Crippen LogP contribution in [0.25, 0.3) is 0 Å². The third-order valence-corrected chi connectivity index (χ3v) is 5.04. The summed E-state index contributed by atoms with van der Waals surface area (Å²) < 4.78 is 16.7. The standard InChI is InChI=1S/C22H27NO4/c1-17(16-27-20-11-7-6-10-19(20)25-2)23-21(24)22(12-14-26-15-13-22)18-8-4-3-5-9-18/h3-11,17H,12-16H2,1-2H3,(H,23,24)/t17-/m0/s1. The molecule has 0 radical (unpaired) electrons. The molecule has 0 aromatic heterocycles. The zero-order valence-electron chi connectivity index (χ0n) is 15.9. The molecule has 0 aliphatic carbocycles. The summed E-state index contributed by atoms with van der Waals surface area (Å²) in [5.74, 6) is 1.39. The van der Waals surface area contributed by atoms with Gasteiger partial charge < -0.3 is 19.5 Å². The predicted octanol–water partition coefficient (Wildman–Crippen LogP) is 3.33. The first-order chi connectivity index (χ1) is 13.2. The van der Waals surface area contributed by atoms with Gasteiger partial charge in [0.15, 0.2) is 11.5 Å². The Morgan fingerprint density at radius 3 is 2.37 bits per heavy atom. The Hall–Kier alpha value is -2.53. The second-order valence-corrected chi connectivity index (χ2v) is 6.90. The van der Waals surface area contributed by atoms with Crippen LogP contribution in [0.2, 0.25) is 0 Å². The molecule has 1 amide bonds. The quantitative estimate of drug-likeness (QED) is 0.813. The molecular weight excluding hydrogens is 342 g/mol. The first-order valence-corrected chi connectivity index (χ1v) is 9.36. The third kappa shape index (κ3) is 4.42. The summed E-state index contributed by atoms with van der Waals surface area (Å²) >= 11 is 0. The average Bonchev–Trinajstić information content (AvgIpc) is 2.73. The number of rotatable bonds is 7. The number of carbonyl (C=O) groups excluding carboxylic acids is 1. The zero-order chi connectivity index (χ0) is 19.1. The number of para-hydroxylation sites is 2. The van der Waals surface area contributed by atoms with Crippen LogP contribution in [0.1, 0.15) is 25.3 Å². The minimum atomic E-state index is -0.543.